The molecule has 2 nitrogen and oxygen atoms in total. The highest BCUT2D eigenvalue weighted by molar-refractivity contribution is 7.80. The van der Waals surface area contributed by atoms with Crippen molar-refractivity contribution in [2.24, 2.45) is 5.73 Å². The zero-order valence-electron chi connectivity index (χ0n) is 11.0. The SMILES string of the molecule is NC(=S)c1ccc(NCCc2ccccc2F)c(F)c1F. The topological polar surface area (TPSA) is 38.0 Å². The average molecular weight is 310 g/mol. The molecule has 0 aliphatic carbocycles. The van der Waals surface area contributed by atoms with Crippen LogP contribution in [0.3, 0.4) is 0 Å². The summed E-state index contributed by atoms with van der Waals surface area (Å²) in [5.74, 6) is -2.46. The quantitative estimate of drug-likeness (QED) is 0.831. The second-order valence-electron chi connectivity index (χ2n) is 4.42. The minimum Gasteiger partial charge on any atom is -0.389 e. The van der Waals surface area contributed by atoms with E-state index < -0.39 is 11.6 Å². The van der Waals surface area contributed by atoms with Crippen LogP contribution in [0.15, 0.2) is 36.4 Å². The molecule has 0 radical (unpaired) electrons. The lowest BCUT2D eigenvalue weighted by molar-refractivity contribution is 0.509. The van der Waals surface area contributed by atoms with E-state index >= 15 is 0 Å². The number of anilines is 1. The standard InChI is InChI=1S/C15H13F3N2S/c16-11-4-2-1-3-9(11)7-8-20-12-6-5-10(15(19)21)13(17)14(12)18/h1-6,20H,7-8H2,(H2,19,21). The molecular formula is C15H13F3N2S. The molecule has 0 spiro atoms. The fraction of sp³-hybridized carbons (Fsp3) is 0.133. The number of nitrogens with two attached hydrogens (primary N) is 1. The van der Waals surface area contributed by atoms with Crippen LogP contribution in [0.1, 0.15) is 11.1 Å². The number of hydrogen-bond acceptors (Lipinski definition) is 2. The molecule has 0 amide bonds. The van der Waals surface area contributed by atoms with E-state index in [1.807, 2.05) is 0 Å². The summed E-state index contributed by atoms with van der Waals surface area (Å²) < 4.78 is 40.9. The Morgan fingerprint density at radius 3 is 2.43 bits per heavy atom. The third-order valence-electron chi connectivity index (χ3n) is 3.02. The molecule has 0 bridgehead atoms. The average Bonchev–Trinajstić information content (AvgIpc) is 2.45. The van der Waals surface area contributed by atoms with Gasteiger partial charge in [-0.15, -0.1) is 0 Å². The molecule has 0 aliphatic rings. The molecule has 0 fully saturated rings. The van der Waals surface area contributed by atoms with E-state index in [0.29, 0.717) is 12.0 Å². The summed E-state index contributed by atoms with van der Waals surface area (Å²) >= 11 is 4.63. The molecule has 110 valence electrons. The molecule has 0 aliphatic heterocycles. The second kappa shape index (κ2) is 6.58. The van der Waals surface area contributed by atoms with Gasteiger partial charge in [-0.3, -0.25) is 0 Å². The Morgan fingerprint density at radius 2 is 1.76 bits per heavy atom. The van der Waals surface area contributed by atoms with Gasteiger partial charge in [-0.05, 0) is 30.2 Å². The van der Waals surface area contributed by atoms with Crippen LogP contribution in [0.2, 0.25) is 0 Å². The van der Waals surface area contributed by atoms with Gasteiger partial charge in [0.15, 0.2) is 11.6 Å². The van der Waals surface area contributed by atoms with Crippen LogP contribution in [0, 0.1) is 17.5 Å². The zero-order valence-corrected chi connectivity index (χ0v) is 11.8. The third-order valence-corrected chi connectivity index (χ3v) is 3.24. The van der Waals surface area contributed by atoms with Crippen molar-refractivity contribution >= 4 is 22.9 Å². The van der Waals surface area contributed by atoms with Gasteiger partial charge in [0.25, 0.3) is 0 Å². The van der Waals surface area contributed by atoms with Crippen molar-refractivity contribution in [1.29, 1.82) is 0 Å². The molecule has 0 aromatic heterocycles. The summed E-state index contributed by atoms with van der Waals surface area (Å²) in [6, 6.07) is 8.97. The maximum atomic E-state index is 13.8. The molecule has 2 aromatic rings. The summed E-state index contributed by atoms with van der Waals surface area (Å²) in [5, 5.41) is 2.73. The minimum absolute atomic E-state index is 0.0103. The van der Waals surface area contributed by atoms with Crippen LogP contribution in [-0.4, -0.2) is 11.5 Å². The van der Waals surface area contributed by atoms with E-state index in [9.17, 15) is 13.2 Å². The lowest BCUT2D eigenvalue weighted by Crippen LogP contribution is -2.14. The van der Waals surface area contributed by atoms with Gasteiger partial charge in [0.05, 0.1) is 5.69 Å². The van der Waals surface area contributed by atoms with E-state index in [1.54, 1.807) is 18.2 Å². The van der Waals surface area contributed by atoms with Gasteiger partial charge < -0.3 is 11.1 Å². The first kappa shape index (κ1) is 15.3. The molecule has 0 unspecified atom stereocenters. The van der Waals surface area contributed by atoms with Crippen LogP contribution in [0.25, 0.3) is 0 Å². The van der Waals surface area contributed by atoms with Gasteiger partial charge in [-0.1, -0.05) is 30.4 Å². The monoisotopic (exact) mass is 310 g/mol. The molecule has 6 heteroatoms. The molecule has 2 aromatic carbocycles. The van der Waals surface area contributed by atoms with E-state index in [-0.39, 0.29) is 28.6 Å². The van der Waals surface area contributed by atoms with Crippen LogP contribution in [-0.2, 0) is 6.42 Å². The highest BCUT2D eigenvalue weighted by Crippen LogP contribution is 2.20. The van der Waals surface area contributed by atoms with Gasteiger partial charge in [0.1, 0.15) is 10.8 Å². The fourth-order valence-corrected chi connectivity index (χ4v) is 2.07. The Labute approximate surface area is 125 Å². The fourth-order valence-electron chi connectivity index (χ4n) is 1.91. The maximum absolute atomic E-state index is 13.8. The summed E-state index contributed by atoms with van der Waals surface area (Å²) in [6.45, 7) is 0.268. The van der Waals surface area contributed by atoms with Crippen LogP contribution < -0.4 is 11.1 Å². The van der Waals surface area contributed by atoms with E-state index in [0.717, 1.165) is 0 Å². The summed E-state index contributed by atoms with van der Waals surface area (Å²) in [6.07, 6.45) is 0.352. The van der Waals surface area contributed by atoms with Crippen LogP contribution in [0.5, 0.6) is 0 Å². The van der Waals surface area contributed by atoms with Crippen molar-refractivity contribution in [1.82, 2.24) is 0 Å². The predicted octanol–water partition coefficient (Wildman–Crippen LogP) is 3.39. The molecule has 0 saturated carbocycles. The van der Waals surface area contributed by atoms with Crippen LogP contribution in [0.4, 0.5) is 18.9 Å². The van der Waals surface area contributed by atoms with Gasteiger partial charge in [0, 0.05) is 12.1 Å². The summed E-state index contributed by atoms with van der Waals surface area (Å²) in [5.41, 5.74) is 5.65. The van der Waals surface area contributed by atoms with Crippen molar-refractivity contribution in [3.63, 3.8) is 0 Å². The smallest absolute Gasteiger partial charge is 0.182 e. The summed E-state index contributed by atoms with van der Waals surface area (Å²) in [4.78, 5) is -0.204. The van der Waals surface area contributed by atoms with Crippen molar-refractivity contribution in [3.8, 4) is 0 Å². The number of hydrogen-bond donors (Lipinski definition) is 2. The number of benzene rings is 2. The van der Waals surface area contributed by atoms with Gasteiger partial charge in [-0.25, -0.2) is 13.2 Å². The van der Waals surface area contributed by atoms with Gasteiger partial charge in [0.2, 0.25) is 0 Å². The first-order valence-corrected chi connectivity index (χ1v) is 6.66. The normalized spacial score (nSPS) is 10.4. The molecule has 21 heavy (non-hydrogen) atoms. The van der Waals surface area contributed by atoms with Crippen molar-refractivity contribution in [3.05, 3.63) is 65.0 Å². The molecule has 0 heterocycles. The Bertz CT molecular complexity index is 674. The molecule has 3 N–H and O–H groups in total. The van der Waals surface area contributed by atoms with Crippen molar-refractivity contribution in [2.75, 3.05) is 11.9 Å². The van der Waals surface area contributed by atoms with Gasteiger partial charge in [-0.2, -0.15) is 0 Å². The maximum Gasteiger partial charge on any atom is 0.182 e. The predicted molar refractivity (Wildman–Crippen MR) is 80.8 cm³/mol. The largest absolute Gasteiger partial charge is 0.389 e. The summed E-state index contributed by atoms with van der Waals surface area (Å²) in [7, 11) is 0. The minimum atomic E-state index is -1.08. The van der Waals surface area contributed by atoms with Crippen LogP contribution >= 0.6 is 12.2 Å². The highest BCUT2D eigenvalue weighted by atomic mass is 32.1. The molecule has 2 rings (SSSR count). The molecule has 0 atom stereocenters. The first-order valence-electron chi connectivity index (χ1n) is 6.25. The number of nitrogens with one attached hydrogen (secondary N) is 1. The van der Waals surface area contributed by atoms with Gasteiger partial charge >= 0.3 is 0 Å². The first-order chi connectivity index (χ1) is 10.0. The third kappa shape index (κ3) is 3.52. The Hall–Kier alpha value is -2.08. The number of halogens is 3. The lowest BCUT2D eigenvalue weighted by Gasteiger charge is -2.10. The van der Waals surface area contributed by atoms with E-state index in [2.05, 4.69) is 17.5 Å². The Morgan fingerprint density at radius 1 is 1.05 bits per heavy atom. The second-order valence-corrected chi connectivity index (χ2v) is 4.86. The Kier molecular flexibility index (Phi) is 4.80. The van der Waals surface area contributed by atoms with Crippen molar-refractivity contribution in [2.45, 2.75) is 6.42 Å². The van der Waals surface area contributed by atoms with Crippen molar-refractivity contribution < 1.29 is 13.2 Å². The number of thiocarbonyl (C=S) groups is 1. The molecule has 0 saturated heterocycles. The molecular weight excluding hydrogens is 297 g/mol. The lowest BCUT2D eigenvalue weighted by atomic mass is 10.1. The number of rotatable bonds is 5. The highest BCUT2D eigenvalue weighted by Gasteiger charge is 2.14. The van der Waals surface area contributed by atoms with E-state index in [4.69, 9.17) is 5.73 Å². The zero-order chi connectivity index (χ0) is 15.4. The Balaban J connectivity index is 2.06. The van der Waals surface area contributed by atoms with E-state index in [1.165, 1.54) is 18.2 Å².